The predicted molar refractivity (Wildman–Crippen MR) is 174 cm³/mol. The molecule has 5 atom stereocenters. The first-order chi connectivity index (χ1) is 21.8. The summed E-state index contributed by atoms with van der Waals surface area (Å²) >= 11 is 3.60. The molecule has 1 aromatic heterocycles. The van der Waals surface area contributed by atoms with Gasteiger partial charge in [-0.1, -0.05) is 40.2 Å². The van der Waals surface area contributed by atoms with E-state index in [4.69, 9.17) is 9.47 Å². The minimum absolute atomic E-state index is 0.0107. The second kappa shape index (κ2) is 12.3. The summed E-state index contributed by atoms with van der Waals surface area (Å²) in [6.07, 6.45) is 1.88. The highest BCUT2D eigenvalue weighted by atomic mass is 79.9. The number of carbonyl (C=O) groups excluding carboxylic acids is 3. The van der Waals surface area contributed by atoms with Crippen LogP contribution in [0.25, 0.3) is 0 Å². The van der Waals surface area contributed by atoms with Crippen LogP contribution in [-0.4, -0.2) is 69.9 Å². The van der Waals surface area contributed by atoms with Crippen LogP contribution in [0.5, 0.6) is 0 Å². The average Bonchev–Trinajstić information content (AvgIpc) is 3.62. The largest absolute Gasteiger partial charge is 0.441 e. The van der Waals surface area contributed by atoms with Crippen molar-refractivity contribution in [3.63, 3.8) is 0 Å². The number of carbonyl (C=O) groups is 3. The summed E-state index contributed by atoms with van der Waals surface area (Å²) in [5.41, 5.74) is 2.16. The lowest BCUT2D eigenvalue weighted by Gasteiger charge is -2.39. The van der Waals surface area contributed by atoms with Crippen molar-refractivity contribution >= 4 is 53.4 Å². The van der Waals surface area contributed by atoms with E-state index in [1.165, 1.54) is 11.8 Å². The number of fused-ring (bicyclic) bond motifs is 2. The molecule has 12 nitrogen and oxygen atoms in total. The first-order valence-corrected chi connectivity index (χ1v) is 19.3. The molecule has 1 spiro atoms. The van der Waals surface area contributed by atoms with Gasteiger partial charge in [0.15, 0.2) is 20.1 Å². The topological polar surface area (TPSA) is 147 Å². The van der Waals surface area contributed by atoms with Crippen LogP contribution >= 0.6 is 15.9 Å². The number of amides is 2. The molecular weight excluding hydrogens is 674 g/mol. The van der Waals surface area contributed by atoms with Gasteiger partial charge in [-0.15, -0.1) is 5.10 Å². The molecule has 3 aliphatic rings. The highest BCUT2D eigenvalue weighted by Crippen LogP contribution is 2.60. The Kier molecular flexibility index (Phi) is 8.69. The average molecular weight is 713 g/mol. The number of benzene rings is 2. The molecule has 2 fully saturated rings. The molecular formula is C32H38BrN5O7Si. The minimum Gasteiger partial charge on any atom is -0.441 e. The van der Waals surface area contributed by atoms with Crippen LogP contribution in [-0.2, 0) is 49.0 Å². The van der Waals surface area contributed by atoms with Gasteiger partial charge in [0.05, 0.1) is 30.5 Å². The van der Waals surface area contributed by atoms with Gasteiger partial charge in [0.1, 0.15) is 0 Å². The van der Waals surface area contributed by atoms with E-state index in [-0.39, 0.29) is 42.8 Å². The third-order valence-electron chi connectivity index (χ3n) is 9.31. The lowest BCUT2D eigenvalue weighted by molar-refractivity contribution is -0.154. The molecule has 3 aromatic rings. The van der Waals surface area contributed by atoms with Crippen LogP contribution < -0.4 is 9.80 Å². The second-order valence-electron chi connectivity index (χ2n) is 12.8. The summed E-state index contributed by atoms with van der Waals surface area (Å²) in [4.78, 5) is 53.1. The Morgan fingerprint density at radius 3 is 2.59 bits per heavy atom. The second-order valence-corrected chi connectivity index (χ2v) is 17.7. The van der Waals surface area contributed by atoms with E-state index in [1.807, 2.05) is 50.3 Å². The Balaban J connectivity index is 1.28. The molecule has 0 aliphatic carbocycles. The van der Waals surface area contributed by atoms with Gasteiger partial charge in [-0.3, -0.25) is 24.0 Å². The number of β-lactam (4-membered cyclic amide) rings is 1. The highest BCUT2D eigenvalue weighted by Gasteiger charge is 2.66. The maximum absolute atomic E-state index is 14.7. The molecule has 14 heteroatoms. The molecule has 2 N–H and O–H groups in total. The van der Waals surface area contributed by atoms with E-state index in [2.05, 4.69) is 26.2 Å². The molecule has 4 heterocycles. The van der Waals surface area contributed by atoms with Gasteiger partial charge < -0.3 is 24.3 Å². The molecule has 2 saturated heterocycles. The Hall–Kier alpha value is -3.43. The van der Waals surface area contributed by atoms with Crippen LogP contribution in [0.15, 0.2) is 53.1 Å². The summed E-state index contributed by atoms with van der Waals surface area (Å²) in [5, 5.41) is 17.5. The quantitative estimate of drug-likeness (QED) is 0.183. The molecule has 2 aromatic carbocycles. The SMILES string of the molecule is CC(=O)OC1CC(=O)N1c1ccc(CN2C(=O)[C@@]3(O[C@@H](CCn4cc(CCO)nn4)[C@H]([Si](C)(C)O)[C@H]3C)c3cc(Br)ccc32)cc1. The van der Waals surface area contributed by atoms with Crippen LogP contribution in [0.3, 0.4) is 0 Å². The zero-order chi connectivity index (χ0) is 33.0. The molecule has 46 heavy (non-hydrogen) atoms. The number of aliphatic hydroxyl groups is 1. The fourth-order valence-corrected chi connectivity index (χ4v) is 10.3. The zero-order valence-electron chi connectivity index (χ0n) is 26.2. The summed E-state index contributed by atoms with van der Waals surface area (Å²) < 4.78 is 14.7. The lowest BCUT2D eigenvalue weighted by Crippen LogP contribution is -2.54. The van der Waals surface area contributed by atoms with E-state index >= 15 is 0 Å². The Morgan fingerprint density at radius 1 is 1.20 bits per heavy atom. The van der Waals surface area contributed by atoms with Crippen LogP contribution in [0.2, 0.25) is 18.6 Å². The molecule has 0 saturated carbocycles. The van der Waals surface area contributed by atoms with Gasteiger partial charge in [0.25, 0.3) is 5.91 Å². The fraction of sp³-hybridized carbons (Fsp3) is 0.469. The van der Waals surface area contributed by atoms with E-state index in [0.29, 0.717) is 30.8 Å². The van der Waals surface area contributed by atoms with E-state index in [9.17, 15) is 24.3 Å². The molecule has 1 unspecified atom stereocenters. The van der Waals surface area contributed by atoms with Crippen molar-refractivity contribution in [3.8, 4) is 0 Å². The first-order valence-electron chi connectivity index (χ1n) is 15.4. The highest BCUT2D eigenvalue weighted by molar-refractivity contribution is 9.10. The van der Waals surface area contributed by atoms with Gasteiger partial charge in [0, 0.05) is 59.9 Å². The monoisotopic (exact) mass is 711 g/mol. The molecule has 244 valence electrons. The van der Waals surface area contributed by atoms with Crippen molar-refractivity contribution in [2.75, 3.05) is 16.4 Å². The number of hydrogen-bond donors (Lipinski definition) is 2. The van der Waals surface area contributed by atoms with Crippen molar-refractivity contribution < 1.29 is 33.8 Å². The molecule has 2 amide bonds. The molecule has 3 aliphatic heterocycles. The Labute approximate surface area is 276 Å². The minimum atomic E-state index is -2.84. The number of anilines is 2. The number of ether oxygens (including phenoxy) is 2. The van der Waals surface area contributed by atoms with Crippen LogP contribution in [0.4, 0.5) is 11.4 Å². The van der Waals surface area contributed by atoms with Gasteiger partial charge in [-0.2, -0.15) is 0 Å². The van der Waals surface area contributed by atoms with Crippen LogP contribution in [0, 0.1) is 5.92 Å². The van der Waals surface area contributed by atoms with E-state index in [1.54, 1.807) is 27.9 Å². The number of esters is 1. The number of rotatable bonds is 10. The molecule has 0 radical (unpaired) electrons. The fourth-order valence-electron chi connectivity index (χ4n) is 7.34. The first kappa shape index (κ1) is 32.5. The summed E-state index contributed by atoms with van der Waals surface area (Å²) in [5.74, 6) is -1.07. The maximum atomic E-state index is 14.7. The van der Waals surface area contributed by atoms with E-state index in [0.717, 1.165) is 21.3 Å². The number of hydrogen-bond acceptors (Lipinski definition) is 9. The summed E-state index contributed by atoms with van der Waals surface area (Å²) in [6.45, 7) is 7.87. The van der Waals surface area contributed by atoms with Crippen molar-refractivity contribution in [2.24, 2.45) is 5.92 Å². The number of aliphatic hydroxyl groups excluding tert-OH is 1. The van der Waals surface area contributed by atoms with Crippen molar-refractivity contribution in [1.82, 2.24) is 15.0 Å². The number of halogens is 1. The van der Waals surface area contributed by atoms with Crippen molar-refractivity contribution in [2.45, 2.75) is 82.8 Å². The van der Waals surface area contributed by atoms with Crippen molar-refractivity contribution in [3.05, 3.63) is 70.0 Å². The van der Waals surface area contributed by atoms with Gasteiger partial charge in [-0.05, 0) is 55.4 Å². The Bertz CT molecular complexity index is 1660. The summed E-state index contributed by atoms with van der Waals surface area (Å²) in [6, 6.07) is 13.1. The van der Waals surface area contributed by atoms with Crippen molar-refractivity contribution in [1.29, 1.82) is 0 Å². The van der Waals surface area contributed by atoms with Crippen LogP contribution in [0.1, 0.15) is 43.5 Å². The van der Waals surface area contributed by atoms with E-state index < -0.39 is 32.2 Å². The number of aromatic nitrogens is 3. The smallest absolute Gasteiger partial charge is 0.304 e. The third-order valence-corrected chi connectivity index (χ3v) is 12.3. The van der Waals surface area contributed by atoms with Gasteiger partial charge >= 0.3 is 5.97 Å². The number of nitrogens with zero attached hydrogens (tertiary/aromatic N) is 5. The molecule has 6 rings (SSSR count). The standard InChI is InChI=1S/C32H38BrN5O7Si/c1-19-30(46(3,4)43)27(11-13-36-18-23(12-14-39)34-35-36)45-32(19)25-15-22(33)7-10-26(25)37(31(32)42)17-21-5-8-24(9-6-21)38-28(41)16-29(38)44-20(2)40/h5-10,15,18-19,27,29-30,39,43H,11-14,16-17H2,1-4H3/t19-,27+,29?,30-,32+/m1/s1. The predicted octanol–water partition coefficient (Wildman–Crippen LogP) is 3.64. The Morgan fingerprint density at radius 2 is 1.93 bits per heavy atom. The maximum Gasteiger partial charge on any atom is 0.304 e. The van der Waals surface area contributed by atoms with Gasteiger partial charge in [-0.25, -0.2) is 0 Å². The molecule has 0 bridgehead atoms. The lowest BCUT2D eigenvalue weighted by atomic mass is 9.82. The summed E-state index contributed by atoms with van der Waals surface area (Å²) in [7, 11) is -2.84. The third kappa shape index (κ3) is 5.70. The normalized spacial score (nSPS) is 25.7. The number of aryl methyl sites for hydroxylation is 1. The zero-order valence-corrected chi connectivity index (χ0v) is 28.8. The van der Waals surface area contributed by atoms with Gasteiger partial charge in [0.2, 0.25) is 5.91 Å².